The van der Waals surface area contributed by atoms with E-state index in [1.54, 1.807) is 0 Å². The van der Waals surface area contributed by atoms with Gasteiger partial charge in [-0.25, -0.2) is 4.57 Å². The fraction of sp³-hybridized carbons (Fsp3) is 0.583. The summed E-state index contributed by atoms with van der Waals surface area (Å²) in [5, 5.41) is 3.26. The largest absolute Gasteiger partial charge is 0.355 e. The first kappa shape index (κ1) is 11.8. The molecule has 2 N–H and O–H groups in total. The van der Waals surface area contributed by atoms with Crippen molar-refractivity contribution in [3.05, 3.63) is 12.2 Å². The number of nitrogens with one attached hydrogen (secondary N) is 2. The third kappa shape index (κ3) is 2.09. The molecule has 0 aliphatic carbocycles. The average Bonchev–Trinajstić information content (AvgIpc) is 2.75. The summed E-state index contributed by atoms with van der Waals surface area (Å²) in [4.78, 5) is 12.4. The van der Waals surface area contributed by atoms with E-state index in [-0.39, 0.29) is 0 Å². The number of anilines is 1. The van der Waals surface area contributed by atoms with Crippen molar-refractivity contribution in [1.29, 1.82) is 0 Å². The molecular formula is C12H20N5+. The molecule has 0 radical (unpaired) electrons. The molecule has 92 valence electrons. The maximum absolute atomic E-state index is 4.65. The minimum Gasteiger partial charge on any atom is -0.355 e. The molecule has 2 heterocycles. The van der Waals surface area contributed by atoms with Gasteiger partial charge < -0.3 is 10.3 Å². The van der Waals surface area contributed by atoms with E-state index in [1.165, 1.54) is 0 Å². The Morgan fingerprint density at radius 3 is 2.76 bits per heavy atom. The third-order valence-corrected chi connectivity index (χ3v) is 2.77. The number of rotatable bonds is 4. The van der Waals surface area contributed by atoms with Gasteiger partial charge in [0.2, 0.25) is 12.1 Å². The number of aryl methyl sites for hydroxylation is 1. The summed E-state index contributed by atoms with van der Waals surface area (Å²) in [5.74, 6) is 2.28. The highest BCUT2D eigenvalue weighted by molar-refractivity contribution is 5.80. The van der Waals surface area contributed by atoms with E-state index in [0.29, 0.717) is 5.92 Å². The zero-order chi connectivity index (χ0) is 12.4. The van der Waals surface area contributed by atoms with Crippen LogP contribution in [0.5, 0.6) is 0 Å². The molecule has 0 spiro atoms. The Hall–Kier alpha value is -1.65. The molecule has 5 heteroatoms. The highest BCUT2D eigenvalue weighted by Crippen LogP contribution is 2.19. The quantitative estimate of drug-likeness (QED) is 0.793. The average molecular weight is 234 g/mol. The number of nitrogens with zero attached hydrogens (tertiary/aromatic N) is 3. The Morgan fingerprint density at radius 1 is 1.41 bits per heavy atom. The van der Waals surface area contributed by atoms with Crippen LogP contribution < -0.4 is 9.88 Å². The van der Waals surface area contributed by atoms with Crippen LogP contribution in [0.15, 0.2) is 6.33 Å². The third-order valence-electron chi connectivity index (χ3n) is 2.77. The van der Waals surface area contributed by atoms with Gasteiger partial charge in [-0.05, 0) is 13.8 Å². The lowest BCUT2D eigenvalue weighted by atomic mass is 10.2. The molecule has 5 nitrogen and oxygen atoms in total. The molecule has 0 fully saturated rings. The maximum atomic E-state index is 4.65. The van der Waals surface area contributed by atoms with E-state index < -0.39 is 0 Å². The SMILES string of the molecule is CCNc1nc[n+](CC)c2nc(C(C)C)[nH]c12. The van der Waals surface area contributed by atoms with Crippen LogP contribution in [-0.2, 0) is 6.54 Å². The molecule has 0 atom stereocenters. The van der Waals surface area contributed by atoms with E-state index in [9.17, 15) is 0 Å². The first-order valence-electron chi connectivity index (χ1n) is 6.19. The molecule has 0 amide bonds. The van der Waals surface area contributed by atoms with Crippen LogP contribution in [-0.4, -0.2) is 21.5 Å². The van der Waals surface area contributed by atoms with Gasteiger partial charge in [0.25, 0.3) is 5.65 Å². The summed E-state index contributed by atoms with van der Waals surface area (Å²) in [6.07, 6.45) is 1.84. The summed E-state index contributed by atoms with van der Waals surface area (Å²) < 4.78 is 2.05. The zero-order valence-corrected chi connectivity index (χ0v) is 10.9. The van der Waals surface area contributed by atoms with E-state index in [0.717, 1.165) is 35.9 Å². The van der Waals surface area contributed by atoms with Gasteiger partial charge in [0.1, 0.15) is 0 Å². The van der Waals surface area contributed by atoms with Crippen molar-refractivity contribution in [3.8, 4) is 0 Å². The number of imidazole rings is 1. The van der Waals surface area contributed by atoms with E-state index in [2.05, 4.69) is 52.5 Å². The molecule has 2 aromatic rings. The lowest BCUT2D eigenvalue weighted by Crippen LogP contribution is -2.34. The lowest BCUT2D eigenvalue weighted by molar-refractivity contribution is -0.672. The monoisotopic (exact) mass is 234 g/mol. The van der Waals surface area contributed by atoms with Crippen molar-refractivity contribution in [3.63, 3.8) is 0 Å². The number of hydrogen-bond acceptors (Lipinski definition) is 3. The second-order valence-electron chi connectivity index (χ2n) is 4.38. The molecule has 0 bridgehead atoms. The second-order valence-corrected chi connectivity index (χ2v) is 4.38. The van der Waals surface area contributed by atoms with Crippen LogP contribution in [0, 0.1) is 0 Å². The predicted molar refractivity (Wildman–Crippen MR) is 68.0 cm³/mol. The number of fused-ring (bicyclic) bond motifs is 1. The van der Waals surface area contributed by atoms with Gasteiger partial charge in [0.15, 0.2) is 11.3 Å². The van der Waals surface area contributed by atoms with Crippen LogP contribution >= 0.6 is 0 Å². The summed E-state index contributed by atoms with van der Waals surface area (Å²) in [6.45, 7) is 10.2. The minimum absolute atomic E-state index is 0.391. The molecule has 0 aromatic carbocycles. The molecule has 2 rings (SSSR count). The number of hydrogen-bond donors (Lipinski definition) is 2. The highest BCUT2D eigenvalue weighted by Gasteiger charge is 2.19. The topological polar surface area (TPSA) is 57.5 Å². The molecular weight excluding hydrogens is 214 g/mol. The summed E-state index contributed by atoms with van der Waals surface area (Å²) in [6, 6.07) is 0. The van der Waals surface area contributed by atoms with Gasteiger partial charge in [-0.1, -0.05) is 23.8 Å². The van der Waals surface area contributed by atoms with Crippen molar-refractivity contribution >= 4 is 17.0 Å². The van der Waals surface area contributed by atoms with Crippen LogP contribution in [0.2, 0.25) is 0 Å². The maximum Gasteiger partial charge on any atom is 0.293 e. The van der Waals surface area contributed by atoms with Gasteiger partial charge in [-0.15, -0.1) is 0 Å². The summed E-state index contributed by atoms with van der Waals surface area (Å²) >= 11 is 0. The van der Waals surface area contributed by atoms with Gasteiger partial charge >= 0.3 is 0 Å². The molecule has 0 saturated carbocycles. The Labute approximate surface area is 101 Å². The molecule has 17 heavy (non-hydrogen) atoms. The van der Waals surface area contributed by atoms with Crippen molar-refractivity contribution in [2.24, 2.45) is 0 Å². The van der Waals surface area contributed by atoms with Crippen molar-refractivity contribution in [2.75, 3.05) is 11.9 Å². The Bertz CT molecular complexity index is 515. The molecule has 0 unspecified atom stereocenters. The van der Waals surface area contributed by atoms with Crippen molar-refractivity contribution < 1.29 is 4.57 Å². The lowest BCUT2D eigenvalue weighted by Gasteiger charge is -2.00. The number of aromatic nitrogens is 4. The zero-order valence-electron chi connectivity index (χ0n) is 10.9. The predicted octanol–water partition coefficient (Wildman–Crippen LogP) is 1.82. The highest BCUT2D eigenvalue weighted by atomic mass is 15.2. The van der Waals surface area contributed by atoms with Crippen LogP contribution in [0.3, 0.4) is 0 Å². The fourth-order valence-corrected chi connectivity index (χ4v) is 1.81. The van der Waals surface area contributed by atoms with Gasteiger partial charge in [-0.3, -0.25) is 0 Å². The normalized spacial score (nSPS) is 11.4. The standard InChI is InChI=1S/C12H19N5/c1-5-13-11-9-12(17(6-2)7-14-11)16-10(15-9)8(3)4/h7-8H,5-6H2,1-4H3,(H,13,15,16)/p+1. The van der Waals surface area contributed by atoms with Gasteiger partial charge in [-0.2, -0.15) is 0 Å². The van der Waals surface area contributed by atoms with Crippen LogP contribution in [0.4, 0.5) is 5.82 Å². The first-order chi connectivity index (χ1) is 8.17. The molecule has 2 aromatic heterocycles. The van der Waals surface area contributed by atoms with Crippen LogP contribution in [0.25, 0.3) is 11.2 Å². The van der Waals surface area contributed by atoms with E-state index in [4.69, 9.17) is 0 Å². The van der Waals surface area contributed by atoms with Crippen molar-refractivity contribution in [1.82, 2.24) is 15.0 Å². The van der Waals surface area contributed by atoms with Crippen LogP contribution in [0.1, 0.15) is 39.4 Å². The van der Waals surface area contributed by atoms with Crippen molar-refractivity contribution in [2.45, 2.75) is 40.2 Å². The minimum atomic E-state index is 0.391. The van der Waals surface area contributed by atoms with E-state index >= 15 is 0 Å². The fourth-order valence-electron chi connectivity index (χ4n) is 1.81. The Morgan fingerprint density at radius 2 is 2.18 bits per heavy atom. The van der Waals surface area contributed by atoms with E-state index in [1.807, 2.05) is 6.33 Å². The Kier molecular flexibility index (Phi) is 3.26. The number of aromatic amines is 1. The molecule has 0 aliphatic heterocycles. The number of H-pyrrole nitrogens is 1. The molecule has 0 saturated heterocycles. The smallest absolute Gasteiger partial charge is 0.293 e. The second kappa shape index (κ2) is 4.69. The van der Waals surface area contributed by atoms with Gasteiger partial charge in [0, 0.05) is 12.5 Å². The summed E-state index contributed by atoms with van der Waals surface area (Å²) in [5.41, 5.74) is 1.97. The Balaban J connectivity index is 2.63. The summed E-state index contributed by atoms with van der Waals surface area (Å²) in [7, 11) is 0. The molecule has 0 aliphatic rings. The van der Waals surface area contributed by atoms with Gasteiger partial charge in [0.05, 0.1) is 6.54 Å². The first-order valence-corrected chi connectivity index (χ1v) is 6.19.